The molecule has 1 heterocycles. The van der Waals surface area contributed by atoms with Gasteiger partial charge in [0, 0.05) is 18.6 Å². The molecular weight excluding hydrogens is 414 g/mol. The van der Waals surface area contributed by atoms with Crippen molar-refractivity contribution in [3.05, 3.63) is 65.2 Å². The fraction of sp³-hybridized carbons (Fsp3) is 0.333. The summed E-state index contributed by atoms with van der Waals surface area (Å²) in [7, 11) is -3.35. The van der Waals surface area contributed by atoms with Gasteiger partial charge in [-0.15, -0.1) is 0 Å². The summed E-state index contributed by atoms with van der Waals surface area (Å²) in [5, 5.41) is 3.81. The Morgan fingerprint density at radius 2 is 1.90 bits per heavy atom. The van der Waals surface area contributed by atoms with Crippen LogP contribution < -0.4 is 10.1 Å². The minimum absolute atomic E-state index is 0.0229. The number of nitrogens with zero attached hydrogens (tertiary/aromatic N) is 1. The molecule has 9 heteroatoms. The summed E-state index contributed by atoms with van der Waals surface area (Å²) in [6.07, 6.45) is 4.20. The maximum absolute atomic E-state index is 13.8. The lowest BCUT2D eigenvalue weighted by molar-refractivity contribution is 0.0122. The third-order valence-corrected chi connectivity index (χ3v) is 5.12. The van der Waals surface area contributed by atoms with Crippen molar-refractivity contribution >= 4 is 15.7 Å². The highest BCUT2D eigenvalue weighted by molar-refractivity contribution is 7.93. The molecule has 1 fully saturated rings. The van der Waals surface area contributed by atoms with E-state index in [1.807, 2.05) is 0 Å². The van der Waals surface area contributed by atoms with E-state index in [0.29, 0.717) is 12.7 Å². The molecule has 160 valence electrons. The van der Waals surface area contributed by atoms with Gasteiger partial charge in [0.2, 0.25) is 5.88 Å². The van der Waals surface area contributed by atoms with Gasteiger partial charge < -0.3 is 10.1 Å². The molecule has 1 aliphatic carbocycles. The first-order chi connectivity index (χ1) is 14.0. The molecule has 1 aliphatic rings. The van der Waals surface area contributed by atoms with Gasteiger partial charge in [-0.3, -0.25) is 4.79 Å². The van der Waals surface area contributed by atoms with E-state index < -0.39 is 33.4 Å². The Balaban J connectivity index is 1.90. The summed E-state index contributed by atoms with van der Waals surface area (Å²) < 4.78 is 56.0. The maximum Gasteiger partial charge on any atom is 0.287 e. The number of carbonyl (C=O) groups excluding carboxylic acids is 1. The van der Waals surface area contributed by atoms with E-state index >= 15 is 0 Å². The number of sulfone groups is 1. The largest absolute Gasteiger partial charge is 0.438 e. The zero-order valence-electron chi connectivity index (χ0n) is 16.5. The molecule has 0 spiro atoms. The van der Waals surface area contributed by atoms with E-state index in [4.69, 9.17) is 4.74 Å². The predicted molar refractivity (Wildman–Crippen MR) is 108 cm³/mol. The third kappa shape index (κ3) is 6.09. The Bertz CT molecular complexity index is 1050. The lowest BCUT2D eigenvalue weighted by atomic mass is 10.1. The van der Waals surface area contributed by atoms with Crippen LogP contribution >= 0.6 is 0 Å². The van der Waals surface area contributed by atoms with E-state index in [-0.39, 0.29) is 17.4 Å². The number of amides is 1. The average molecular weight is 436 g/mol. The van der Waals surface area contributed by atoms with E-state index in [9.17, 15) is 22.0 Å². The summed E-state index contributed by atoms with van der Waals surface area (Å²) in [4.78, 5) is 16.7. The van der Waals surface area contributed by atoms with Crippen LogP contribution in [0, 0.1) is 5.92 Å². The fourth-order valence-corrected chi connectivity index (χ4v) is 3.23. The van der Waals surface area contributed by atoms with Gasteiger partial charge in [-0.2, -0.15) is 8.78 Å². The van der Waals surface area contributed by atoms with Gasteiger partial charge >= 0.3 is 0 Å². The van der Waals surface area contributed by atoms with Crippen LogP contribution in [0.25, 0.3) is 0 Å². The average Bonchev–Trinajstić information content (AvgIpc) is 3.49. The smallest absolute Gasteiger partial charge is 0.287 e. The summed E-state index contributed by atoms with van der Waals surface area (Å²) in [6.45, 7) is 0.709. The molecule has 1 amide bonds. The topological polar surface area (TPSA) is 85.4 Å². The minimum atomic E-state index is -3.35. The number of carbonyl (C=O) groups is 1. The van der Waals surface area contributed by atoms with E-state index in [1.165, 1.54) is 12.1 Å². The molecule has 3 rings (SSSR count). The number of rotatable bonds is 8. The zero-order valence-corrected chi connectivity index (χ0v) is 17.3. The molecular formula is C21H22F2N2O4S. The molecule has 1 N–H and O–H groups in total. The van der Waals surface area contributed by atoms with Gasteiger partial charge in [0.1, 0.15) is 17.0 Å². The monoisotopic (exact) mass is 436 g/mol. The fourth-order valence-electron chi connectivity index (χ4n) is 2.77. The Hall–Kier alpha value is -2.81. The second-order valence-corrected chi connectivity index (χ2v) is 9.28. The highest BCUT2D eigenvalue weighted by atomic mass is 32.2. The van der Waals surface area contributed by atoms with Crippen LogP contribution in [0.2, 0.25) is 0 Å². The van der Waals surface area contributed by atoms with Crippen LogP contribution in [0.5, 0.6) is 11.6 Å². The molecule has 1 atom stereocenters. The summed E-state index contributed by atoms with van der Waals surface area (Å²) in [5.74, 6) is -3.59. The molecule has 0 radical (unpaired) electrons. The third-order valence-electron chi connectivity index (χ3n) is 4.47. The normalized spacial score (nSPS) is 15.7. The molecule has 1 aromatic heterocycles. The number of hydrogen-bond donors (Lipinski definition) is 1. The standard InChI is InChI=1S/C21H22F2N2O4S/c1-21(22,23)18-11-10-16(20(25-18)29-15-6-4-3-5-7-15)19(26)24-17(14-8-9-14)12-13-30(2,27)28/h3-7,10-14,17H,8-9H2,1-2H3,(H,24,26)/b13-12+/t17-/m1/s1. The first kappa shape index (κ1) is 21.9. The maximum atomic E-state index is 13.8. The summed E-state index contributed by atoms with van der Waals surface area (Å²) >= 11 is 0. The van der Waals surface area contributed by atoms with Crippen LogP contribution in [0.1, 0.15) is 35.8 Å². The van der Waals surface area contributed by atoms with E-state index in [0.717, 1.165) is 30.6 Å². The van der Waals surface area contributed by atoms with Gasteiger partial charge in [0.15, 0.2) is 9.84 Å². The van der Waals surface area contributed by atoms with Crippen molar-refractivity contribution in [2.45, 2.75) is 31.7 Å². The molecule has 0 aliphatic heterocycles. The lowest BCUT2D eigenvalue weighted by Crippen LogP contribution is -2.35. The number of para-hydroxylation sites is 1. The van der Waals surface area contributed by atoms with Crippen molar-refractivity contribution in [3.63, 3.8) is 0 Å². The number of nitrogens with one attached hydrogen (secondary N) is 1. The van der Waals surface area contributed by atoms with Gasteiger partial charge in [-0.05, 0) is 43.0 Å². The lowest BCUT2D eigenvalue weighted by Gasteiger charge is -2.17. The number of ether oxygens (including phenoxy) is 1. The summed E-state index contributed by atoms with van der Waals surface area (Å²) in [5.41, 5.74) is -0.550. The van der Waals surface area contributed by atoms with E-state index in [1.54, 1.807) is 30.3 Å². The van der Waals surface area contributed by atoms with Crippen LogP contribution in [0.15, 0.2) is 53.9 Å². The number of pyridine rings is 1. The van der Waals surface area contributed by atoms with Gasteiger partial charge in [0.25, 0.3) is 11.8 Å². The molecule has 1 saturated carbocycles. The molecule has 1 aromatic carbocycles. The highest BCUT2D eigenvalue weighted by Gasteiger charge is 2.33. The number of hydrogen-bond acceptors (Lipinski definition) is 5. The van der Waals surface area contributed by atoms with Crippen molar-refractivity contribution in [3.8, 4) is 11.6 Å². The SMILES string of the molecule is CC(F)(F)c1ccc(C(=O)N[C@H](/C=C/S(C)(=O)=O)C2CC2)c(Oc2ccccc2)n1. The Morgan fingerprint density at radius 3 is 2.47 bits per heavy atom. The van der Waals surface area contributed by atoms with E-state index in [2.05, 4.69) is 10.3 Å². The van der Waals surface area contributed by atoms with Gasteiger partial charge in [-0.25, -0.2) is 13.4 Å². The number of aromatic nitrogens is 1. The molecule has 0 saturated heterocycles. The molecule has 6 nitrogen and oxygen atoms in total. The Morgan fingerprint density at radius 1 is 1.23 bits per heavy atom. The van der Waals surface area contributed by atoms with Crippen LogP contribution in [0.3, 0.4) is 0 Å². The molecule has 30 heavy (non-hydrogen) atoms. The highest BCUT2D eigenvalue weighted by Crippen LogP contribution is 2.34. The second kappa shape index (κ2) is 8.51. The van der Waals surface area contributed by atoms with Crippen LogP contribution in [-0.4, -0.2) is 31.6 Å². The van der Waals surface area contributed by atoms with Crippen molar-refractivity contribution in [2.24, 2.45) is 5.92 Å². The molecule has 0 bridgehead atoms. The Labute approximate surface area is 173 Å². The van der Waals surface area contributed by atoms with Gasteiger partial charge in [0.05, 0.1) is 6.04 Å². The van der Waals surface area contributed by atoms with Crippen molar-refractivity contribution in [1.29, 1.82) is 0 Å². The number of halogens is 2. The zero-order chi connectivity index (χ0) is 21.9. The first-order valence-corrected chi connectivity index (χ1v) is 11.3. The molecule has 2 aromatic rings. The van der Waals surface area contributed by atoms with Gasteiger partial charge in [-0.1, -0.05) is 24.3 Å². The van der Waals surface area contributed by atoms with Crippen molar-refractivity contribution < 1.29 is 26.7 Å². The quantitative estimate of drug-likeness (QED) is 0.675. The Kier molecular flexibility index (Phi) is 6.21. The number of alkyl halides is 2. The summed E-state index contributed by atoms with van der Waals surface area (Å²) in [6, 6.07) is 10.2. The minimum Gasteiger partial charge on any atom is -0.438 e. The first-order valence-electron chi connectivity index (χ1n) is 9.34. The number of benzene rings is 1. The van der Waals surface area contributed by atoms with Crippen LogP contribution in [-0.2, 0) is 15.8 Å². The van der Waals surface area contributed by atoms with Crippen molar-refractivity contribution in [1.82, 2.24) is 10.3 Å². The second-order valence-electron chi connectivity index (χ2n) is 7.35. The molecule has 0 unspecified atom stereocenters. The van der Waals surface area contributed by atoms with Crippen molar-refractivity contribution in [2.75, 3.05) is 6.26 Å². The van der Waals surface area contributed by atoms with Crippen LogP contribution in [0.4, 0.5) is 8.78 Å². The predicted octanol–water partition coefficient (Wildman–Crippen LogP) is 4.05.